The zero-order valence-corrected chi connectivity index (χ0v) is 14.7. The molecule has 0 spiro atoms. The molecule has 0 bridgehead atoms. The van der Waals surface area contributed by atoms with Crippen molar-refractivity contribution in [2.75, 3.05) is 24.5 Å². The van der Waals surface area contributed by atoms with Gasteiger partial charge in [-0.3, -0.25) is 9.78 Å². The van der Waals surface area contributed by atoms with Gasteiger partial charge in [0.1, 0.15) is 5.52 Å². The lowest BCUT2D eigenvalue weighted by Crippen LogP contribution is -2.43. The summed E-state index contributed by atoms with van der Waals surface area (Å²) in [6.07, 6.45) is 5.68. The lowest BCUT2D eigenvalue weighted by molar-refractivity contribution is -0.125. The number of nitrogens with one attached hydrogen (secondary N) is 1. The molecular weight excluding hydrogens is 341 g/mol. The van der Waals surface area contributed by atoms with Gasteiger partial charge in [0.2, 0.25) is 5.91 Å². The number of benzene rings is 1. The molecule has 2 heterocycles. The van der Waals surface area contributed by atoms with Crippen LogP contribution in [-0.2, 0) is 4.79 Å². The first-order chi connectivity index (χ1) is 12.1. The van der Waals surface area contributed by atoms with Crippen molar-refractivity contribution in [1.82, 2.24) is 10.3 Å². The number of halogens is 2. The summed E-state index contributed by atoms with van der Waals surface area (Å²) in [4.78, 5) is 18.5. The Labute approximate surface area is 151 Å². The van der Waals surface area contributed by atoms with Gasteiger partial charge in [0.15, 0.2) is 5.82 Å². The van der Waals surface area contributed by atoms with Gasteiger partial charge in [0.05, 0.1) is 16.6 Å². The maximum absolute atomic E-state index is 15.0. The van der Waals surface area contributed by atoms with Gasteiger partial charge in [0, 0.05) is 31.2 Å². The molecule has 4 rings (SSSR count). The molecule has 6 heteroatoms. The number of fused-ring (bicyclic) bond motifs is 1. The van der Waals surface area contributed by atoms with Crippen molar-refractivity contribution >= 4 is 34.1 Å². The molecule has 2 aliphatic rings. The number of amides is 1. The lowest BCUT2D eigenvalue weighted by Gasteiger charge is -2.34. The number of rotatable bonds is 4. The monoisotopic (exact) mass is 361 g/mol. The third-order valence-corrected chi connectivity index (χ3v) is 5.50. The molecule has 4 nitrogen and oxygen atoms in total. The van der Waals surface area contributed by atoms with Crippen molar-refractivity contribution in [2.24, 2.45) is 11.8 Å². The highest BCUT2D eigenvalue weighted by Gasteiger charge is 2.29. The number of piperidine rings is 1. The van der Waals surface area contributed by atoms with Crippen molar-refractivity contribution in [3.8, 4) is 0 Å². The molecule has 1 aliphatic heterocycles. The molecule has 2 aromatic rings. The Morgan fingerprint density at radius 3 is 2.96 bits per heavy atom. The predicted molar refractivity (Wildman–Crippen MR) is 97.4 cm³/mol. The van der Waals surface area contributed by atoms with Crippen LogP contribution in [0.4, 0.5) is 10.1 Å². The van der Waals surface area contributed by atoms with Crippen molar-refractivity contribution in [3.05, 3.63) is 35.2 Å². The summed E-state index contributed by atoms with van der Waals surface area (Å²) in [5, 5.41) is 4.15. The first-order valence-corrected chi connectivity index (χ1v) is 9.26. The third kappa shape index (κ3) is 3.43. The minimum atomic E-state index is -0.362. The largest absolute Gasteiger partial charge is 0.368 e. The summed E-state index contributed by atoms with van der Waals surface area (Å²) < 4.78 is 15.0. The van der Waals surface area contributed by atoms with E-state index in [2.05, 4.69) is 10.3 Å². The summed E-state index contributed by atoms with van der Waals surface area (Å²) >= 11 is 6.12. The molecule has 1 atom stereocenters. The van der Waals surface area contributed by atoms with Crippen molar-refractivity contribution in [2.45, 2.75) is 25.7 Å². The van der Waals surface area contributed by atoms with Crippen LogP contribution in [0.3, 0.4) is 0 Å². The van der Waals surface area contributed by atoms with Crippen LogP contribution in [0.15, 0.2) is 24.4 Å². The third-order valence-electron chi connectivity index (χ3n) is 5.17. The topological polar surface area (TPSA) is 45.2 Å². The number of hydrogen-bond acceptors (Lipinski definition) is 3. The van der Waals surface area contributed by atoms with Crippen LogP contribution in [0.1, 0.15) is 25.7 Å². The Morgan fingerprint density at radius 1 is 1.32 bits per heavy atom. The summed E-state index contributed by atoms with van der Waals surface area (Å²) in [5.74, 6) is 0.310. The van der Waals surface area contributed by atoms with Gasteiger partial charge in [-0.15, -0.1) is 0 Å². The fraction of sp³-hybridized carbons (Fsp3) is 0.474. The smallest absolute Gasteiger partial charge is 0.224 e. The second-order valence-electron chi connectivity index (χ2n) is 7.06. The van der Waals surface area contributed by atoms with E-state index >= 15 is 0 Å². The Bertz CT molecular complexity index is 809. The van der Waals surface area contributed by atoms with E-state index in [0.717, 1.165) is 25.9 Å². The summed E-state index contributed by atoms with van der Waals surface area (Å²) in [5.41, 5.74) is 0.785. The molecule has 1 aromatic heterocycles. The van der Waals surface area contributed by atoms with Crippen molar-refractivity contribution < 1.29 is 9.18 Å². The molecule has 132 valence electrons. The Morgan fingerprint density at radius 2 is 2.16 bits per heavy atom. The number of carbonyl (C=O) groups excluding carboxylic acids is 1. The molecule has 1 saturated carbocycles. The number of carbonyl (C=O) groups is 1. The fourth-order valence-corrected chi connectivity index (χ4v) is 3.71. The normalized spacial score (nSPS) is 20.7. The number of pyridine rings is 1. The van der Waals surface area contributed by atoms with Crippen LogP contribution in [-0.4, -0.2) is 30.5 Å². The van der Waals surface area contributed by atoms with Gasteiger partial charge >= 0.3 is 0 Å². The molecule has 2 fully saturated rings. The zero-order chi connectivity index (χ0) is 17.4. The second kappa shape index (κ2) is 6.79. The van der Waals surface area contributed by atoms with Gasteiger partial charge in [-0.25, -0.2) is 4.39 Å². The average Bonchev–Trinajstić information content (AvgIpc) is 3.45. The molecule has 1 aliphatic carbocycles. The minimum Gasteiger partial charge on any atom is -0.368 e. The molecule has 1 aromatic carbocycles. The van der Waals surface area contributed by atoms with Crippen LogP contribution < -0.4 is 10.2 Å². The Balaban J connectivity index is 1.53. The maximum atomic E-state index is 15.0. The zero-order valence-electron chi connectivity index (χ0n) is 14.0. The molecule has 1 N–H and O–H groups in total. The second-order valence-corrected chi connectivity index (χ2v) is 7.47. The first kappa shape index (κ1) is 16.6. The molecule has 1 saturated heterocycles. The highest BCUT2D eigenvalue weighted by atomic mass is 35.5. The van der Waals surface area contributed by atoms with Crippen molar-refractivity contribution in [1.29, 1.82) is 0 Å². The van der Waals surface area contributed by atoms with Gasteiger partial charge in [-0.2, -0.15) is 0 Å². The van der Waals surface area contributed by atoms with E-state index in [1.165, 1.54) is 19.0 Å². The molecule has 1 amide bonds. The Kier molecular flexibility index (Phi) is 4.50. The van der Waals surface area contributed by atoms with E-state index in [1.807, 2.05) is 4.90 Å². The highest BCUT2D eigenvalue weighted by molar-refractivity contribution is 6.35. The molecule has 1 unspecified atom stereocenters. The van der Waals surface area contributed by atoms with Crippen LogP contribution in [0.2, 0.25) is 5.02 Å². The standard InChI is InChI=1S/C19H21ClFN3O/c20-15-7-8-22-18-14(15)5-6-16(17(18)21)24-9-1-2-13(11-24)19(25)23-10-12-3-4-12/h5-8,12-13H,1-4,9-11H2,(H,23,25). The van der Waals surface area contributed by atoms with Crippen LogP contribution in [0.5, 0.6) is 0 Å². The first-order valence-electron chi connectivity index (χ1n) is 8.89. The highest BCUT2D eigenvalue weighted by Crippen LogP contribution is 2.32. The van der Waals surface area contributed by atoms with E-state index in [-0.39, 0.29) is 23.2 Å². The van der Waals surface area contributed by atoms with E-state index in [1.54, 1.807) is 18.2 Å². The number of aromatic nitrogens is 1. The molecule has 25 heavy (non-hydrogen) atoms. The Hall–Kier alpha value is -1.88. The van der Waals surface area contributed by atoms with Gasteiger partial charge in [-0.05, 0) is 49.8 Å². The summed E-state index contributed by atoms with van der Waals surface area (Å²) in [6, 6.07) is 5.21. The van der Waals surface area contributed by atoms with Gasteiger partial charge in [-0.1, -0.05) is 11.6 Å². The van der Waals surface area contributed by atoms with E-state index in [0.29, 0.717) is 28.6 Å². The lowest BCUT2D eigenvalue weighted by atomic mass is 9.96. The average molecular weight is 362 g/mol. The number of anilines is 1. The minimum absolute atomic E-state index is 0.0880. The van der Waals surface area contributed by atoms with Crippen LogP contribution in [0.25, 0.3) is 10.9 Å². The van der Waals surface area contributed by atoms with Crippen LogP contribution in [0, 0.1) is 17.7 Å². The van der Waals surface area contributed by atoms with E-state index < -0.39 is 0 Å². The summed E-state index contributed by atoms with van der Waals surface area (Å²) in [7, 11) is 0. The number of hydrogen-bond donors (Lipinski definition) is 1. The number of nitrogens with zero attached hydrogens (tertiary/aromatic N) is 2. The maximum Gasteiger partial charge on any atom is 0.224 e. The van der Waals surface area contributed by atoms with Gasteiger partial charge in [0.25, 0.3) is 0 Å². The van der Waals surface area contributed by atoms with Gasteiger partial charge < -0.3 is 10.2 Å². The van der Waals surface area contributed by atoms with E-state index in [4.69, 9.17) is 11.6 Å². The molecular formula is C19H21ClFN3O. The van der Waals surface area contributed by atoms with E-state index in [9.17, 15) is 9.18 Å². The predicted octanol–water partition coefficient (Wildman–Crippen LogP) is 3.77. The quantitative estimate of drug-likeness (QED) is 0.901. The van der Waals surface area contributed by atoms with Crippen LogP contribution >= 0.6 is 11.6 Å². The SMILES string of the molecule is O=C(NCC1CC1)C1CCCN(c2ccc3c(Cl)ccnc3c2F)C1. The fourth-order valence-electron chi connectivity index (χ4n) is 3.51. The molecule has 0 radical (unpaired) electrons. The summed E-state index contributed by atoms with van der Waals surface area (Å²) in [6.45, 7) is 2.07. The van der Waals surface area contributed by atoms with Crippen molar-refractivity contribution in [3.63, 3.8) is 0 Å².